The Balaban J connectivity index is 1.43. The number of thioether (sulfide) groups is 1. The molecule has 190 valence electrons. The molecule has 0 aliphatic heterocycles. The van der Waals surface area contributed by atoms with Crippen LogP contribution >= 0.6 is 23.1 Å². The van der Waals surface area contributed by atoms with Crippen LogP contribution in [0.25, 0.3) is 22.4 Å². The highest BCUT2D eigenvalue weighted by Crippen LogP contribution is 2.36. The zero-order chi connectivity index (χ0) is 27.1. The van der Waals surface area contributed by atoms with Gasteiger partial charge in [-0.15, -0.1) is 23.1 Å². The molecule has 4 rings (SSSR count). The second-order valence-corrected chi connectivity index (χ2v) is 10.1. The highest BCUT2D eigenvalue weighted by atomic mass is 32.2. The molecule has 38 heavy (non-hydrogen) atoms. The SMILES string of the molecule is CCOc1ccc(-c2csc(NC(=O)CCSc3nc(N)c(C#N)c(-c4ccc(C)cc4)c3C#N)n2)cc1. The number of nitrogens with one attached hydrogen (secondary N) is 1. The van der Waals surface area contributed by atoms with E-state index in [2.05, 4.69) is 27.4 Å². The van der Waals surface area contributed by atoms with E-state index < -0.39 is 0 Å². The van der Waals surface area contributed by atoms with Crippen molar-refractivity contribution in [3.63, 3.8) is 0 Å². The molecule has 0 spiro atoms. The number of carbonyl (C=O) groups excluding carboxylic acids is 1. The minimum Gasteiger partial charge on any atom is -0.494 e. The minimum atomic E-state index is -0.205. The fourth-order valence-corrected chi connectivity index (χ4v) is 5.36. The number of rotatable bonds is 9. The van der Waals surface area contributed by atoms with Crippen molar-refractivity contribution in [2.45, 2.75) is 25.3 Å². The number of nitrogens with two attached hydrogens (primary N) is 1. The van der Waals surface area contributed by atoms with Crippen molar-refractivity contribution < 1.29 is 9.53 Å². The van der Waals surface area contributed by atoms with Crippen LogP contribution in [-0.4, -0.2) is 28.2 Å². The van der Waals surface area contributed by atoms with Crippen LogP contribution in [0.15, 0.2) is 58.9 Å². The summed E-state index contributed by atoms with van der Waals surface area (Å²) in [7, 11) is 0. The summed E-state index contributed by atoms with van der Waals surface area (Å²) >= 11 is 2.60. The number of ether oxygens (including phenoxy) is 1. The Hall–Kier alpha value is -4.38. The zero-order valence-corrected chi connectivity index (χ0v) is 22.4. The molecule has 4 aromatic rings. The summed E-state index contributed by atoms with van der Waals surface area (Å²) in [6.45, 7) is 4.49. The number of nitrogen functional groups attached to an aromatic ring is 1. The average molecular weight is 541 g/mol. The Kier molecular flexibility index (Phi) is 8.59. The fraction of sp³-hybridized carbons (Fsp3) is 0.179. The normalized spacial score (nSPS) is 10.4. The van der Waals surface area contributed by atoms with E-state index in [1.165, 1.54) is 23.1 Å². The number of aryl methyl sites for hydroxylation is 1. The van der Waals surface area contributed by atoms with Gasteiger partial charge in [-0.2, -0.15) is 10.5 Å². The lowest BCUT2D eigenvalue weighted by Gasteiger charge is -2.13. The number of hydrogen-bond acceptors (Lipinski definition) is 9. The lowest BCUT2D eigenvalue weighted by molar-refractivity contribution is -0.115. The Bertz CT molecular complexity index is 1530. The van der Waals surface area contributed by atoms with Crippen LogP contribution in [0.1, 0.15) is 30.0 Å². The molecule has 2 aromatic carbocycles. The fourth-order valence-electron chi connectivity index (χ4n) is 3.69. The molecule has 8 nitrogen and oxygen atoms in total. The third kappa shape index (κ3) is 6.12. The summed E-state index contributed by atoms with van der Waals surface area (Å²) < 4.78 is 5.47. The molecule has 2 aromatic heterocycles. The van der Waals surface area contributed by atoms with Crippen molar-refractivity contribution in [1.29, 1.82) is 10.5 Å². The quantitative estimate of drug-likeness (QED) is 0.246. The number of thiazole rings is 1. The van der Waals surface area contributed by atoms with Gasteiger partial charge in [-0.25, -0.2) is 9.97 Å². The molecule has 0 radical (unpaired) electrons. The number of benzene rings is 2. The van der Waals surface area contributed by atoms with Crippen LogP contribution in [0.5, 0.6) is 5.75 Å². The van der Waals surface area contributed by atoms with Crippen molar-refractivity contribution in [3.8, 4) is 40.3 Å². The van der Waals surface area contributed by atoms with Crippen LogP contribution in [0.3, 0.4) is 0 Å². The average Bonchev–Trinajstić information content (AvgIpc) is 3.38. The Labute approximate surface area is 229 Å². The lowest BCUT2D eigenvalue weighted by atomic mass is 9.96. The van der Waals surface area contributed by atoms with Crippen LogP contribution < -0.4 is 15.8 Å². The van der Waals surface area contributed by atoms with E-state index in [-0.39, 0.29) is 29.3 Å². The van der Waals surface area contributed by atoms with E-state index in [1.807, 2.05) is 67.8 Å². The van der Waals surface area contributed by atoms with E-state index in [9.17, 15) is 15.3 Å². The van der Waals surface area contributed by atoms with Crippen LogP contribution in [-0.2, 0) is 4.79 Å². The minimum absolute atomic E-state index is 0.0543. The third-order valence-corrected chi connectivity index (χ3v) is 7.27. The van der Waals surface area contributed by atoms with Crippen molar-refractivity contribution in [2.24, 2.45) is 0 Å². The van der Waals surface area contributed by atoms with Crippen molar-refractivity contribution >= 4 is 40.0 Å². The Morgan fingerprint density at radius 1 is 1.05 bits per heavy atom. The van der Waals surface area contributed by atoms with E-state index in [4.69, 9.17) is 10.5 Å². The molecule has 10 heteroatoms. The topological polar surface area (TPSA) is 138 Å². The number of nitriles is 2. The van der Waals surface area contributed by atoms with Gasteiger partial charge in [0.1, 0.15) is 34.3 Å². The zero-order valence-electron chi connectivity index (χ0n) is 20.8. The molecule has 0 saturated heterocycles. The first-order valence-electron chi connectivity index (χ1n) is 11.8. The smallest absolute Gasteiger partial charge is 0.226 e. The highest BCUT2D eigenvalue weighted by Gasteiger charge is 2.20. The number of hydrogen-bond donors (Lipinski definition) is 2. The third-order valence-electron chi connectivity index (χ3n) is 5.54. The van der Waals surface area contributed by atoms with E-state index in [1.54, 1.807) is 0 Å². The summed E-state index contributed by atoms with van der Waals surface area (Å²) in [5.41, 5.74) is 10.4. The summed E-state index contributed by atoms with van der Waals surface area (Å²) in [5.74, 6) is 1.01. The van der Waals surface area contributed by atoms with Gasteiger partial charge in [0, 0.05) is 28.7 Å². The molecule has 0 aliphatic carbocycles. The number of nitrogens with zero attached hydrogens (tertiary/aromatic N) is 4. The maximum absolute atomic E-state index is 12.6. The second-order valence-electron chi connectivity index (χ2n) is 8.16. The Morgan fingerprint density at radius 3 is 2.39 bits per heavy atom. The second kappa shape index (κ2) is 12.2. The van der Waals surface area contributed by atoms with Crippen molar-refractivity contribution in [2.75, 3.05) is 23.4 Å². The number of carbonyl (C=O) groups is 1. The standard InChI is InChI=1S/C28H24N6O2S2/c1-3-36-20-10-8-18(9-11-20)23-16-38-28(32-23)33-24(35)12-13-37-27-22(15-30)25(21(14-29)26(31)34-27)19-6-4-17(2)5-7-19/h4-11,16H,3,12-13H2,1-2H3,(H2,31,34)(H,32,33,35). The molecule has 0 bridgehead atoms. The monoisotopic (exact) mass is 540 g/mol. The molecule has 0 atom stereocenters. The van der Waals surface area contributed by atoms with Gasteiger partial charge in [0.15, 0.2) is 5.13 Å². The van der Waals surface area contributed by atoms with Crippen LogP contribution in [0, 0.1) is 29.6 Å². The van der Waals surface area contributed by atoms with Gasteiger partial charge in [0.05, 0.1) is 17.9 Å². The summed E-state index contributed by atoms with van der Waals surface area (Å²) in [6.07, 6.45) is 0.176. The van der Waals surface area contributed by atoms with Crippen LogP contribution in [0.2, 0.25) is 0 Å². The van der Waals surface area contributed by atoms with Gasteiger partial charge in [0.2, 0.25) is 5.91 Å². The number of pyridine rings is 1. The predicted octanol–water partition coefficient (Wildman–Crippen LogP) is 6.03. The number of anilines is 2. The number of aromatic nitrogens is 2. The molecule has 3 N–H and O–H groups in total. The van der Waals surface area contributed by atoms with Gasteiger partial charge >= 0.3 is 0 Å². The van der Waals surface area contributed by atoms with Gasteiger partial charge < -0.3 is 15.8 Å². The first kappa shape index (κ1) is 26.7. The maximum atomic E-state index is 12.6. The molecular formula is C28H24N6O2S2. The molecule has 1 amide bonds. The largest absolute Gasteiger partial charge is 0.494 e. The first-order valence-corrected chi connectivity index (χ1v) is 13.6. The van der Waals surface area contributed by atoms with E-state index >= 15 is 0 Å². The van der Waals surface area contributed by atoms with Crippen molar-refractivity contribution in [3.05, 3.63) is 70.6 Å². The molecule has 0 unspecified atom stereocenters. The van der Waals surface area contributed by atoms with Crippen LogP contribution in [0.4, 0.5) is 10.9 Å². The molecule has 0 aliphatic rings. The van der Waals surface area contributed by atoms with Gasteiger partial charge in [-0.05, 0) is 43.7 Å². The lowest BCUT2D eigenvalue weighted by Crippen LogP contribution is -2.12. The van der Waals surface area contributed by atoms with Gasteiger partial charge in [-0.3, -0.25) is 4.79 Å². The molecular weight excluding hydrogens is 516 g/mol. The van der Waals surface area contributed by atoms with Gasteiger partial charge in [-0.1, -0.05) is 29.8 Å². The Morgan fingerprint density at radius 2 is 1.74 bits per heavy atom. The summed E-state index contributed by atoms with van der Waals surface area (Å²) in [5, 5.41) is 25.2. The summed E-state index contributed by atoms with van der Waals surface area (Å²) in [4.78, 5) is 21.4. The molecule has 2 heterocycles. The van der Waals surface area contributed by atoms with Crippen molar-refractivity contribution in [1.82, 2.24) is 9.97 Å². The highest BCUT2D eigenvalue weighted by molar-refractivity contribution is 7.99. The van der Waals surface area contributed by atoms with Gasteiger partial charge in [0.25, 0.3) is 0 Å². The summed E-state index contributed by atoms with van der Waals surface area (Å²) in [6, 6.07) is 19.4. The van der Waals surface area contributed by atoms with E-state index in [0.717, 1.165) is 22.6 Å². The number of amides is 1. The maximum Gasteiger partial charge on any atom is 0.226 e. The molecule has 0 saturated carbocycles. The first-order chi connectivity index (χ1) is 18.4. The molecule has 0 fully saturated rings. The van der Waals surface area contributed by atoms with E-state index in [0.29, 0.717) is 33.6 Å². The predicted molar refractivity (Wildman–Crippen MR) is 151 cm³/mol.